The summed E-state index contributed by atoms with van der Waals surface area (Å²) in [6, 6.07) is 6.63. The molecule has 0 atom stereocenters. The van der Waals surface area contributed by atoms with E-state index in [2.05, 4.69) is 20.7 Å². The largest absolute Gasteiger partial charge is 0.490 e. The molecular weight excluding hydrogens is 462 g/mol. The highest BCUT2D eigenvalue weighted by Gasteiger charge is 2.20. The Balaban J connectivity index is 2.27. The third kappa shape index (κ3) is 5.69. The van der Waals surface area contributed by atoms with E-state index < -0.39 is 22.5 Å². The Morgan fingerprint density at radius 1 is 0.967 bits per heavy atom. The Morgan fingerprint density at radius 2 is 1.53 bits per heavy atom. The minimum absolute atomic E-state index is 0.125. The third-order valence-electron chi connectivity index (χ3n) is 3.86. The first kappa shape index (κ1) is 23.1. The monoisotopic (exact) mass is 481 g/mol. The zero-order valence-corrected chi connectivity index (χ0v) is 18.2. The van der Waals surface area contributed by atoms with Crippen LogP contribution in [0, 0.1) is 10.1 Å². The summed E-state index contributed by atoms with van der Waals surface area (Å²) in [5, 5.41) is 11.1. The molecule has 0 saturated heterocycles. The first-order valence-electron chi connectivity index (χ1n) is 8.93. The molecule has 0 heterocycles. The lowest BCUT2D eigenvalue weighted by molar-refractivity contribution is -0.384. The molecule has 2 aromatic rings. The number of carbonyl (C=O) groups is 2. The Hall–Kier alpha value is -3.14. The number of hydrogen-bond acceptors (Lipinski definition) is 8. The number of non-ortho nitro benzene ring substituents is 1. The van der Waals surface area contributed by atoms with Crippen LogP contribution in [0.3, 0.4) is 0 Å². The number of hydrogen-bond donors (Lipinski definition) is 0. The number of carbonyl (C=O) groups excluding carboxylic acids is 2. The van der Waals surface area contributed by atoms with Crippen molar-refractivity contribution in [3.8, 4) is 11.5 Å². The fraction of sp³-hybridized carbons (Fsp3) is 0.300. The number of rotatable bonds is 9. The van der Waals surface area contributed by atoms with Gasteiger partial charge in [-0.05, 0) is 32.0 Å². The predicted molar refractivity (Wildman–Crippen MR) is 110 cm³/mol. The Morgan fingerprint density at radius 3 is 2.07 bits per heavy atom. The van der Waals surface area contributed by atoms with Crippen LogP contribution in [-0.4, -0.2) is 37.2 Å². The molecule has 0 aliphatic heterocycles. The zero-order chi connectivity index (χ0) is 22.3. The van der Waals surface area contributed by atoms with Gasteiger partial charge in [0.05, 0.1) is 36.4 Å². The molecule has 0 bridgehead atoms. The first-order chi connectivity index (χ1) is 14.3. The van der Waals surface area contributed by atoms with Crippen LogP contribution in [-0.2, 0) is 16.1 Å². The fourth-order valence-electron chi connectivity index (χ4n) is 2.52. The van der Waals surface area contributed by atoms with E-state index in [0.717, 1.165) is 19.2 Å². The van der Waals surface area contributed by atoms with Gasteiger partial charge in [-0.25, -0.2) is 9.59 Å². The van der Waals surface area contributed by atoms with Crippen LogP contribution in [0.5, 0.6) is 11.5 Å². The van der Waals surface area contributed by atoms with E-state index in [9.17, 15) is 19.7 Å². The van der Waals surface area contributed by atoms with Crippen molar-refractivity contribution in [3.63, 3.8) is 0 Å². The van der Waals surface area contributed by atoms with E-state index in [1.54, 1.807) is 12.1 Å². The summed E-state index contributed by atoms with van der Waals surface area (Å²) >= 11 is 3.40. The molecule has 0 spiro atoms. The quantitative estimate of drug-likeness (QED) is 0.295. The van der Waals surface area contributed by atoms with Gasteiger partial charge < -0.3 is 18.9 Å². The van der Waals surface area contributed by atoms with Crippen LogP contribution in [0.4, 0.5) is 5.69 Å². The molecule has 30 heavy (non-hydrogen) atoms. The Bertz CT molecular complexity index is 960. The van der Waals surface area contributed by atoms with Gasteiger partial charge in [-0.3, -0.25) is 10.1 Å². The summed E-state index contributed by atoms with van der Waals surface area (Å²) in [5.41, 5.74) is -0.0872. The van der Waals surface area contributed by atoms with Crippen LogP contribution in [0.2, 0.25) is 0 Å². The maximum absolute atomic E-state index is 12.5. The van der Waals surface area contributed by atoms with Gasteiger partial charge >= 0.3 is 11.9 Å². The van der Waals surface area contributed by atoms with Gasteiger partial charge in [-0.2, -0.15) is 0 Å². The predicted octanol–water partition coefficient (Wildman–Crippen LogP) is 4.30. The second-order valence-electron chi connectivity index (χ2n) is 5.85. The minimum Gasteiger partial charge on any atom is -0.490 e. The van der Waals surface area contributed by atoms with Crippen molar-refractivity contribution >= 4 is 33.6 Å². The normalized spacial score (nSPS) is 10.3. The topological polar surface area (TPSA) is 114 Å². The maximum atomic E-state index is 12.5. The fourth-order valence-corrected chi connectivity index (χ4v) is 2.96. The number of nitro benzene ring substituents is 1. The van der Waals surface area contributed by atoms with E-state index in [0.29, 0.717) is 34.7 Å². The van der Waals surface area contributed by atoms with Crippen LogP contribution in [0.1, 0.15) is 40.1 Å². The highest BCUT2D eigenvalue weighted by molar-refractivity contribution is 9.10. The summed E-state index contributed by atoms with van der Waals surface area (Å²) in [7, 11) is 1.14. The highest BCUT2D eigenvalue weighted by Crippen LogP contribution is 2.34. The standard InChI is InChI=1S/C20H20BrNO8/c1-4-28-17-9-14(16(21)10-18(17)29-5-2)11-30-20(24)13-6-12(19(23)27-3)7-15(8-13)22(25)26/h6-10H,4-5,11H2,1-3H3. The number of methoxy groups -OCH3 is 1. The van der Waals surface area contributed by atoms with Gasteiger partial charge in [-0.1, -0.05) is 15.9 Å². The van der Waals surface area contributed by atoms with E-state index in [4.69, 9.17) is 14.2 Å². The first-order valence-corrected chi connectivity index (χ1v) is 9.72. The lowest BCUT2D eigenvalue weighted by atomic mass is 10.1. The molecule has 9 nitrogen and oxygen atoms in total. The van der Waals surface area contributed by atoms with Crippen LogP contribution in [0.25, 0.3) is 0 Å². The molecule has 10 heteroatoms. The number of nitro groups is 1. The van der Waals surface area contributed by atoms with Crippen molar-refractivity contribution in [3.05, 3.63) is 61.6 Å². The SMILES string of the molecule is CCOc1cc(Br)c(COC(=O)c2cc(C(=O)OC)cc([N+](=O)[O-])c2)cc1OCC. The van der Waals surface area contributed by atoms with Gasteiger partial charge in [-0.15, -0.1) is 0 Å². The molecule has 2 aromatic carbocycles. The van der Waals surface area contributed by atoms with E-state index in [1.165, 1.54) is 6.07 Å². The molecule has 0 aliphatic rings. The summed E-state index contributed by atoms with van der Waals surface area (Å²) in [6.45, 7) is 4.42. The average molecular weight is 482 g/mol. The summed E-state index contributed by atoms with van der Waals surface area (Å²) in [4.78, 5) is 34.6. The van der Waals surface area contributed by atoms with Gasteiger partial charge in [0.25, 0.3) is 5.69 Å². The number of halogens is 1. The van der Waals surface area contributed by atoms with Crippen LogP contribution >= 0.6 is 15.9 Å². The molecule has 160 valence electrons. The molecule has 0 unspecified atom stereocenters. The van der Waals surface area contributed by atoms with Crippen molar-refractivity contribution in [1.29, 1.82) is 0 Å². The van der Waals surface area contributed by atoms with Gasteiger partial charge in [0, 0.05) is 22.2 Å². The number of esters is 2. The van der Waals surface area contributed by atoms with Crippen LogP contribution in [0.15, 0.2) is 34.8 Å². The molecule has 0 radical (unpaired) electrons. The molecule has 0 fully saturated rings. The second-order valence-corrected chi connectivity index (χ2v) is 6.70. The maximum Gasteiger partial charge on any atom is 0.338 e. The highest BCUT2D eigenvalue weighted by atomic mass is 79.9. The minimum atomic E-state index is -0.831. The Kier molecular flexibility index (Phi) is 8.16. The van der Waals surface area contributed by atoms with Crippen molar-refractivity contribution in [2.75, 3.05) is 20.3 Å². The van der Waals surface area contributed by atoms with Gasteiger partial charge in [0.2, 0.25) is 0 Å². The summed E-state index contributed by atoms with van der Waals surface area (Å²) in [5.74, 6) is -0.592. The number of nitrogens with zero attached hydrogens (tertiary/aromatic N) is 1. The van der Waals surface area contributed by atoms with E-state index in [-0.39, 0.29) is 17.7 Å². The van der Waals surface area contributed by atoms with Crippen molar-refractivity contribution < 1.29 is 33.5 Å². The number of ether oxygens (including phenoxy) is 4. The molecule has 0 N–H and O–H groups in total. The van der Waals surface area contributed by atoms with Crippen molar-refractivity contribution in [2.45, 2.75) is 20.5 Å². The molecule has 0 amide bonds. The summed E-state index contributed by atoms with van der Waals surface area (Å²) < 4.78 is 21.6. The molecule has 2 rings (SSSR count). The van der Waals surface area contributed by atoms with E-state index >= 15 is 0 Å². The molecular formula is C20H20BrNO8. The zero-order valence-electron chi connectivity index (χ0n) is 16.6. The smallest absolute Gasteiger partial charge is 0.338 e. The molecule has 0 aliphatic carbocycles. The number of benzene rings is 2. The molecule has 0 aromatic heterocycles. The van der Waals surface area contributed by atoms with Crippen molar-refractivity contribution in [2.24, 2.45) is 0 Å². The van der Waals surface area contributed by atoms with E-state index in [1.807, 2.05) is 13.8 Å². The third-order valence-corrected chi connectivity index (χ3v) is 4.59. The average Bonchev–Trinajstić information content (AvgIpc) is 2.73. The second kappa shape index (κ2) is 10.6. The summed E-state index contributed by atoms with van der Waals surface area (Å²) in [6.07, 6.45) is 0. The van der Waals surface area contributed by atoms with Gasteiger partial charge in [0.1, 0.15) is 6.61 Å². The Labute approximate surface area is 181 Å². The van der Waals surface area contributed by atoms with Crippen LogP contribution < -0.4 is 9.47 Å². The lowest BCUT2D eigenvalue weighted by Crippen LogP contribution is -2.10. The molecule has 0 saturated carbocycles. The lowest BCUT2D eigenvalue weighted by Gasteiger charge is -2.14. The van der Waals surface area contributed by atoms with Gasteiger partial charge in [0.15, 0.2) is 11.5 Å². The van der Waals surface area contributed by atoms with Crippen molar-refractivity contribution in [1.82, 2.24) is 0 Å².